The van der Waals surface area contributed by atoms with Crippen LogP contribution in [0.3, 0.4) is 0 Å². The zero-order chi connectivity index (χ0) is 14.2. The lowest BCUT2D eigenvalue weighted by atomic mass is 9.95. The first kappa shape index (κ1) is 18.6. The minimum Gasteiger partial charge on any atom is -0.364 e. The molecule has 1 aromatic rings. The van der Waals surface area contributed by atoms with Crippen LogP contribution in [0.15, 0.2) is 21.8 Å². The van der Waals surface area contributed by atoms with Gasteiger partial charge in [-0.2, -0.15) is 11.8 Å². The van der Waals surface area contributed by atoms with E-state index in [0.717, 1.165) is 16.9 Å². The number of halogens is 1. The lowest BCUT2D eigenvalue weighted by Gasteiger charge is -2.30. The minimum absolute atomic E-state index is 0. The SMILES string of the molecule is CCSC1CCCC(NC(=NC)NCc2ccon2)C1.I. The Balaban J connectivity index is 0.00000220. The van der Waals surface area contributed by atoms with Crippen LogP contribution >= 0.6 is 35.7 Å². The molecule has 120 valence electrons. The van der Waals surface area contributed by atoms with Crippen molar-refractivity contribution in [2.24, 2.45) is 4.99 Å². The Morgan fingerprint density at radius 1 is 1.52 bits per heavy atom. The van der Waals surface area contributed by atoms with Crippen LogP contribution in [0.5, 0.6) is 0 Å². The summed E-state index contributed by atoms with van der Waals surface area (Å²) in [5.41, 5.74) is 0.885. The van der Waals surface area contributed by atoms with Crippen LogP contribution < -0.4 is 10.6 Å². The molecule has 2 unspecified atom stereocenters. The number of nitrogens with one attached hydrogen (secondary N) is 2. The minimum atomic E-state index is 0. The average Bonchev–Trinajstić information content (AvgIpc) is 2.97. The Morgan fingerprint density at radius 3 is 3.05 bits per heavy atom. The highest BCUT2D eigenvalue weighted by Crippen LogP contribution is 2.28. The van der Waals surface area contributed by atoms with Gasteiger partial charge in [0.05, 0.1) is 6.54 Å². The number of nitrogens with zero attached hydrogens (tertiary/aromatic N) is 2. The third-order valence-electron chi connectivity index (χ3n) is 3.52. The van der Waals surface area contributed by atoms with Gasteiger partial charge in [0.1, 0.15) is 12.0 Å². The smallest absolute Gasteiger partial charge is 0.191 e. The molecule has 5 nitrogen and oxygen atoms in total. The third kappa shape index (κ3) is 6.46. The number of guanidine groups is 1. The van der Waals surface area contributed by atoms with E-state index in [1.807, 2.05) is 6.07 Å². The van der Waals surface area contributed by atoms with Crippen LogP contribution in [0.1, 0.15) is 38.3 Å². The van der Waals surface area contributed by atoms with Crippen LogP contribution in [0.4, 0.5) is 0 Å². The normalized spacial score (nSPS) is 22.5. The molecule has 7 heteroatoms. The highest BCUT2D eigenvalue weighted by molar-refractivity contribution is 14.0. The molecule has 0 spiro atoms. The van der Waals surface area contributed by atoms with Crippen molar-refractivity contribution in [2.75, 3.05) is 12.8 Å². The van der Waals surface area contributed by atoms with E-state index in [2.05, 4.69) is 39.5 Å². The summed E-state index contributed by atoms with van der Waals surface area (Å²) in [6.07, 6.45) is 6.69. The van der Waals surface area contributed by atoms with Gasteiger partial charge in [0.2, 0.25) is 0 Å². The largest absolute Gasteiger partial charge is 0.364 e. The Labute approximate surface area is 148 Å². The molecule has 0 amide bonds. The van der Waals surface area contributed by atoms with Crippen LogP contribution in [-0.2, 0) is 6.54 Å². The lowest BCUT2D eigenvalue weighted by molar-refractivity contribution is 0.408. The predicted octanol–water partition coefficient (Wildman–Crippen LogP) is 3.02. The van der Waals surface area contributed by atoms with E-state index in [-0.39, 0.29) is 24.0 Å². The van der Waals surface area contributed by atoms with Crippen molar-refractivity contribution in [1.29, 1.82) is 0 Å². The van der Waals surface area contributed by atoms with Gasteiger partial charge in [-0.25, -0.2) is 0 Å². The molecule has 21 heavy (non-hydrogen) atoms. The summed E-state index contributed by atoms with van der Waals surface area (Å²) in [5, 5.41) is 11.5. The number of aromatic nitrogens is 1. The first-order chi connectivity index (χ1) is 9.81. The third-order valence-corrected chi connectivity index (χ3v) is 4.75. The van der Waals surface area contributed by atoms with E-state index in [9.17, 15) is 0 Å². The van der Waals surface area contributed by atoms with E-state index in [1.165, 1.54) is 31.4 Å². The van der Waals surface area contributed by atoms with Gasteiger partial charge in [-0.05, 0) is 25.0 Å². The van der Waals surface area contributed by atoms with Gasteiger partial charge in [0.25, 0.3) is 0 Å². The number of hydrogen-bond acceptors (Lipinski definition) is 4. The molecule has 1 aromatic heterocycles. The second-order valence-corrected chi connectivity index (χ2v) is 6.58. The summed E-state index contributed by atoms with van der Waals surface area (Å²) in [4.78, 5) is 4.28. The van der Waals surface area contributed by atoms with E-state index < -0.39 is 0 Å². The number of aliphatic imine (C=N–C) groups is 1. The first-order valence-electron chi connectivity index (χ1n) is 7.29. The van der Waals surface area contributed by atoms with Gasteiger partial charge in [-0.3, -0.25) is 4.99 Å². The van der Waals surface area contributed by atoms with Crippen molar-refractivity contribution in [3.63, 3.8) is 0 Å². The maximum atomic E-state index is 4.82. The Morgan fingerprint density at radius 2 is 2.38 bits per heavy atom. The molecule has 1 saturated carbocycles. The molecule has 2 rings (SSSR count). The number of thioether (sulfide) groups is 1. The van der Waals surface area contributed by atoms with E-state index in [0.29, 0.717) is 12.6 Å². The van der Waals surface area contributed by atoms with Crippen molar-refractivity contribution in [1.82, 2.24) is 15.8 Å². The molecular weight excluding hydrogens is 399 g/mol. The fourth-order valence-electron chi connectivity index (χ4n) is 2.55. The van der Waals surface area contributed by atoms with Gasteiger partial charge in [-0.1, -0.05) is 18.5 Å². The molecule has 1 aliphatic carbocycles. The molecule has 1 heterocycles. The van der Waals surface area contributed by atoms with Crippen molar-refractivity contribution in [3.05, 3.63) is 18.0 Å². The highest BCUT2D eigenvalue weighted by Gasteiger charge is 2.22. The van der Waals surface area contributed by atoms with Gasteiger partial charge in [-0.15, -0.1) is 24.0 Å². The Kier molecular flexibility index (Phi) is 9.14. The lowest BCUT2D eigenvalue weighted by Crippen LogP contribution is -2.45. The monoisotopic (exact) mass is 424 g/mol. The number of hydrogen-bond donors (Lipinski definition) is 2. The summed E-state index contributed by atoms with van der Waals surface area (Å²) < 4.78 is 4.82. The van der Waals surface area contributed by atoms with E-state index >= 15 is 0 Å². The first-order valence-corrected chi connectivity index (χ1v) is 8.34. The fraction of sp³-hybridized carbons (Fsp3) is 0.714. The van der Waals surface area contributed by atoms with Crippen molar-refractivity contribution < 1.29 is 4.52 Å². The topological polar surface area (TPSA) is 62.5 Å². The molecule has 0 saturated heterocycles. The molecule has 0 bridgehead atoms. The summed E-state index contributed by atoms with van der Waals surface area (Å²) in [6.45, 7) is 2.87. The summed E-state index contributed by atoms with van der Waals surface area (Å²) in [7, 11) is 1.80. The maximum absolute atomic E-state index is 4.82. The van der Waals surface area contributed by atoms with Crippen molar-refractivity contribution in [3.8, 4) is 0 Å². The van der Waals surface area contributed by atoms with Gasteiger partial charge in [0.15, 0.2) is 5.96 Å². The zero-order valence-corrected chi connectivity index (χ0v) is 15.8. The fourth-order valence-corrected chi connectivity index (χ4v) is 3.73. The van der Waals surface area contributed by atoms with Crippen LogP contribution in [0, 0.1) is 0 Å². The second kappa shape index (κ2) is 10.3. The molecular formula is C14H25IN4OS. The van der Waals surface area contributed by atoms with E-state index in [4.69, 9.17) is 4.52 Å². The molecule has 1 aliphatic rings. The van der Waals surface area contributed by atoms with E-state index in [1.54, 1.807) is 13.3 Å². The van der Waals surface area contributed by atoms with Gasteiger partial charge in [0, 0.05) is 24.4 Å². The molecule has 2 N–H and O–H groups in total. The predicted molar refractivity (Wildman–Crippen MR) is 99.4 cm³/mol. The van der Waals surface area contributed by atoms with Gasteiger partial charge >= 0.3 is 0 Å². The quantitative estimate of drug-likeness (QED) is 0.432. The highest BCUT2D eigenvalue weighted by atomic mass is 127. The van der Waals surface area contributed by atoms with Crippen LogP contribution in [0.25, 0.3) is 0 Å². The second-order valence-electron chi connectivity index (χ2n) is 5.00. The summed E-state index contributed by atoms with van der Waals surface area (Å²) >= 11 is 2.08. The number of rotatable bonds is 5. The molecule has 2 atom stereocenters. The summed E-state index contributed by atoms with van der Waals surface area (Å²) in [6, 6.07) is 2.38. The Hall–Kier alpha value is -0.440. The van der Waals surface area contributed by atoms with Gasteiger partial charge < -0.3 is 15.2 Å². The molecule has 0 aromatic carbocycles. The van der Waals surface area contributed by atoms with Crippen LogP contribution in [-0.4, -0.2) is 35.2 Å². The maximum Gasteiger partial charge on any atom is 0.191 e. The van der Waals surface area contributed by atoms with Crippen molar-refractivity contribution in [2.45, 2.75) is 50.4 Å². The average molecular weight is 424 g/mol. The molecule has 0 radical (unpaired) electrons. The Bertz CT molecular complexity index is 411. The summed E-state index contributed by atoms with van der Waals surface area (Å²) in [5.74, 6) is 2.05. The molecule has 0 aliphatic heterocycles. The van der Waals surface area contributed by atoms with Crippen molar-refractivity contribution >= 4 is 41.7 Å². The zero-order valence-electron chi connectivity index (χ0n) is 12.7. The van der Waals surface area contributed by atoms with Crippen LogP contribution in [0.2, 0.25) is 0 Å². The molecule has 1 fully saturated rings. The standard InChI is InChI=1S/C14H24N4OS.HI/c1-3-20-13-6-4-5-11(9-13)17-14(15-2)16-10-12-7-8-19-18-12;/h7-8,11,13H,3-6,9-10H2,1-2H3,(H2,15,16,17);1H.